The number of hydrogen-bond donors (Lipinski definition) is 0. The molecule has 4 rings (SSSR count). The molecule has 0 bridgehead atoms. The van der Waals surface area contributed by atoms with E-state index in [1.165, 1.54) is 44.2 Å². The molecule has 0 N–H and O–H groups in total. The largest absolute Gasteiger partial charge is 0.0620 e. The van der Waals surface area contributed by atoms with Crippen LogP contribution in [0.3, 0.4) is 0 Å². The fourth-order valence-electron chi connectivity index (χ4n) is 3.56. The van der Waals surface area contributed by atoms with Crippen molar-refractivity contribution < 1.29 is 0 Å². The molecule has 0 saturated carbocycles. The third-order valence-electron chi connectivity index (χ3n) is 4.77. The van der Waals surface area contributed by atoms with Gasteiger partial charge in [0.25, 0.3) is 0 Å². The SMILES string of the molecule is Cc1ccccc1-c1c(C)cccc1-c1cccc2ccccc12. The predicted molar refractivity (Wildman–Crippen MR) is 104 cm³/mol. The average Bonchev–Trinajstić information content (AvgIpc) is 2.62. The minimum Gasteiger partial charge on any atom is -0.0620 e. The normalized spacial score (nSPS) is 10.9. The van der Waals surface area contributed by atoms with E-state index < -0.39 is 0 Å². The van der Waals surface area contributed by atoms with E-state index >= 15 is 0 Å². The Kier molecular flexibility index (Phi) is 3.66. The molecule has 0 nitrogen and oxygen atoms in total. The van der Waals surface area contributed by atoms with E-state index in [0.29, 0.717) is 0 Å². The van der Waals surface area contributed by atoms with Gasteiger partial charge in [0.05, 0.1) is 0 Å². The Balaban J connectivity index is 2.07. The summed E-state index contributed by atoms with van der Waals surface area (Å²) in [6.07, 6.45) is 0. The summed E-state index contributed by atoms with van der Waals surface area (Å²) in [5, 5.41) is 2.59. The highest BCUT2D eigenvalue weighted by atomic mass is 14.2. The van der Waals surface area contributed by atoms with Crippen LogP contribution < -0.4 is 0 Å². The maximum atomic E-state index is 2.25. The zero-order valence-electron chi connectivity index (χ0n) is 14.1. The summed E-state index contributed by atoms with van der Waals surface area (Å²) >= 11 is 0. The first kappa shape index (κ1) is 14.7. The Bertz CT molecular complexity index is 1020. The number of benzene rings is 4. The minimum atomic E-state index is 1.28. The Morgan fingerprint density at radius 2 is 1.04 bits per heavy atom. The molecule has 0 heterocycles. The Hall–Kier alpha value is -2.86. The summed E-state index contributed by atoms with van der Waals surface area (Å²) in [5.74, 6) is 0. The van der Waals surface area contributed by atoms with Crippen LogP contribution in [0.25, 0.3) is 33.0 Å². The van der Waals surface area contributed by atoms with Crippen LogP contribution >= 0.6 is 0 Å². The van der Waals surface area contributed by atoms with Crippen molar-refractivity contribution in [1.82, 2.24) is 0 Å². The fraction of sp³-hybridized carbons (Fsp3) is 0.0833. The molecule has 0 heteroatoms. The highest BCUT2D eigenvalue weighted by Crippen LogP contribution is 2.39. The van der Waals surface area contributed by atoms with Gasteiger partial charge in [-0.15, -0.1) is 0 Å². The maximum absolute atomic E-state index is 2.25. The van der Waals surface area contributed by atoms with E-state index in [4.69, 9.17) is 0 Å². The summed E-state index contributed by atoms with van der Waals surface area (Å²) in [5.41, 5.74) is 7.89. The summed E-state index contributed by atoms with van der Waals surface area (Å²) < 4.78 is 0. The number of hydrogen-bond acceptors (Lipinski definition) is 0. The zero-order valence-corrected chi connectivity index (χ0v) is 14.1. The Labute approximate surface area is 143 Å². The molecule has 0 aromatic heterocycles. The first-order valence-corrected chi connectivity index (χ1v) is 8.39. The van der Waals surface area contributed by atoms with Crippen molar-refractivity contribution in [3.63, 3.8) is 0 Å². The van der Waals surface area contributed by atoms with Gasteiger partial charge >= 0.3 is 0 Å². The molecule has 0 spiro atoms. The van der Waals surface area contributed by atoms with Gasteiger partial charge in [0.15, 0.2) is 0 Å². The molecule has 0 radical (unpaired) electrons. The standard InChI is InChI=1S/C24H20/c1-17-9-3-5-13-20(17)24-18(2)10-7-16-23(24)22-15-8-12-19-11-4-6-14-21(19)22/h3-16H,1-2H3. The van der Waals surface area contributed by atoms with Crippen molar-refractivity contribution in [1.29, 1.82) is 0 Å². The lowest BCUT2D eigenvalue weighted by Crippen LogP contribution is -1.92. The molecule has 4 aromatic rings. The third-order valence-corrected chi connectivity index (χ3v) is 4.77. The number of fused-ring (bicyclic) bond motifs is 1. The topological polar surface area (TPSA) is 0 Å². The van der Waals surface area contributed by atoms with E-state index in [-0.39, 0.29) is 0 Å². The average molecular weight is 308 g/mol. The summed E-state index contributed by atoms with van der Waals surface area (Å²) in [6, 6.07) is 30.5. The molecular formula is C24H20. The second kappa shape index (κ2) is 5.98. The molecule has 116 valence electrons. The van der Waals surface area contributed by atoms with Crippen LogP contribution in [-0.4, -0.2) is 0 Å². The van der Waals surface area contributed by atoms with Gasteiger partial charge in [-0.1, -0.05) is 84.9 Å². The van der Waals surface area contributed by atoms with Crippen molar-refractivity contribution in [3.05, 3.63) is 96.1 Å². The van der Waals surface area contributed by atoms with Crippen molar-refractivity contribution in [2.45, 2.75) is 13.8 Å². The van der Waals surface area contributed by atoms with E-state index in [1.54, 1.807) is 0 Å². The molecule has 0 amide bonds. The molecule has 24 heavy (non-hydrogen) atoms. The van der Waals surface area contributed by atoms with Crippen LogP contribution in [0.2, 0.25) is 0 Å². The zero-order chi connectivity index (χ0) is 16.5. The Morgan fingerprint density at radius 1 is 0.458 bits per heavy atom. The van der Waals surface area contributed by atoms with Gasteiger partial charge in [-0.3, -0.25) is 0 Å². The molecule has 0 aliphatic carbocycles. The minimum absolute atomic E-state index is 1.28. The maximum Gasteiger partial charge on any atom is -0.00732 e. The van der Waals surface area contributed by atoms with Crippen LogP contribution in [0, 0.1) is 13.8 Å². The van der Waals surface area contributed by atoms with Crippen LogP contribution in [0.1, 0.15) is 11.1 Å². The van der Waals surface area contributed by atoms with Gasteiger partial charge in [-0.25, -0.2) is 0 Å². The quantitative estimate of drug-likeness (QED) is 0.382. The number of rotatable bonds is 2. The lowest BCUT2D eigenvalue weighted by atomic mass is 9.87. The van der Waals surface area contributed by atoms with Crippen molar-refractivity contribution in [2.24, 2.45) is 0 Å². The van der Waals surface area contributed by atoms with E-state index in [1.807, 2.05) is 0 Å². The molecule has 0 unspecified atom stereocenters. The smallest absolute Gasteiger partial charge is 0.00732 e. The lowest BCUT2D eigenvalue weighted by Gasteiger charge is -2.17. The van der Waals surface area contributed by atoms with Crippen molar-refractivity contribution >= 4 is 10.8 Å². The molecule has 0 fully saturated rings. The summed E-state index contributed by atoms with van der Waals surface area (Å²) in [7, 11) is 0. The van der Waals surface area contributed by atoms with Gasteiger partial charge < -0.3 is 0 Å². The van der Waals surface area contributed by atoms with Crippen LogP contribution in [-0.2, 0) is 0 Å². The van der Waals surface area contributed by atoms with Gasteiger partial charge in [0, 0.05) is 0 Å². The Morgan fingerprint density at radius 3 is 1.92 bits per heavy atom. The lowest BCUT2D eigenvalue weighted by molar-refractivity contribution is 1.41. The van der Waals surface area contributed by atoms with Crippen molar-refractivity contribution in [2.75, 3.05) is 0 Å². The third kappa shape index (κ3) is 2.41. The highest BCUT2D eigenvalue weighted by molar-refractivity contribution is 6.01. The molecule has 0 saturated heterocycles. The van der Waals surface area contributed by atoms with Crippen LogP contribution in [0.4, 0.5) is 0 Å². The molecule has 4 aromatic carbocycles. The first-order valence-electron chi connectivity index (χ1n) is 8.39. The fourth-order valence-corrected chi connectivity index (χ4v) is 3.56. The van der Waals surface area contributed by atoms with Gasteiger partial charge in [-0.2, -0.15) is 0 Å². The molecular weight excluding hydrogens is 288 g/mol. The molecule has 0 aliphatic heterocycles. The van der Waals surface area contributed by atoms with E-state index in [2.05, 4.69) is 98.8 Å². The van der Waals surface area contributed by atoms with Crippen molar-refractivity contribution in [3.8, 4) is 22.3 Å². The molecule has 0 aliphatic rings. The highest BCUT2D eigenvalue weighted by Gasteiger charge is 2.13. The van der Waals surface area contributed by atoms with Crippen LogP contribution in [0.5, 0.6) is 0 Å². The summed E-state index contributed by atoms with van der Waals surface area (Å²) in [6.45, 7) is 4.39. The summed E-state index contributed by atoms with van der Waals surface area (Å²) in [4.78, 5) is 0. The van der Waals surface area contributed by atoms with Gasteiger partial charge in [-0.05, 0) is 58.0 Å². The van der Waals surface area contributed by atoms with E-state index in [0.717, 1.165) is 0 Å². The van der Waals surface area contributed by atoms with Crippen LogP contribution in [0.15, 0.2) is 84.9 Å². The monoisotopic (exact) mass is 308 g/mol. The van der Waals surface area contributed by atoms with E-state index in [9.17, 15) is 0 Å². The second-order valence-electron chi connectivity index (χ2n) is 6.34. The van der Waals surface area contributed by atoms with Gasteiger partial charge in [0.2, 0.25) is 0 Å². The predicted octanol–water partition coefficient (Wildman–Crippen LogP) is 6.79. The first-order chi connectivity index (χ1) is 11.8. The molecule has 0 atom stereocenters. The second-order valence-corrected chi connectivity index (χ2v) is 6.34. The van der Waals surface area contributed by atoms with Gasteiger partial charge in [0.1, 0.15) is 0 Å². The number of aryl methyl sites for hydroxylation is 2.